The van der Waals surface area contributed by atoms with E-state index in [1.54, 1.807) is 10.9 Å². The number of aliphatic hydroxyl groups is 1. The Morgan fingerprint density at radius 2 is 2.16 bits per heavy atom. The lowest BCUT2D eigenvalue weighted by Gasteiger charge is -2.11. The maximum atomic E-state index is 12.0. The summed E-state index contributed by atoms with van der Waals surface area (Å²) in [6.07, 6.45) is 1.76. The van der Waals surface area contributed by atoms with Gasteiger partial charge in [0.1, 0.15) is 0 Å². The Morgan fingerprint density at radius 1 is 1.40 bits per heavy atom. The first-order chi connectivity index (χ1) is 11.0. The van der Waals surface area contributed by atoms with Crippen LogP contribution in [0.1, 0.15) is 23.4 Å². The molecule has 2 atom stereocenters. The summed E-state index contributed by atoms with van der Waals surface area (Å²) in [7, 11) is 0. The van der Waals surface area contributed by atoms with Crippen molar-refractivity contribution < 1.29 is 9.90 Å². The zero-order valence-corrected chi connectivity index (χ0v) is 15.7. The van der Waals surface area contributed by atoms with Gasteiger partial charge >= 0.3 is 0 Å². The monoisotopic (exact) mass is 387 g/mol. The van der Waals surface area contributed by atoms with E-state index < -0.39 is 6.10 Å². The Balaban J connectivity index is 0.00000156. The van der Waals surface area contributed by atoms with E-state index in [-0.39, 0.29) is 36.8 Å². The van der Waals surface area contributed by atoms with E-state index >= 15 is 0 Å². The molecule has 1 fully saturated rings. The van der Waals surface area contributed by atoms with Gasteiger partial charge in [-0.1, -0.05) is 6.07 Å². The molecule has 1 aliphatic heterocycles. The lowest BCUT2D eigenvalue weighted by Crippen LogP contribution is -2.40. The average Bonchev–Trinajstić information content (AvgIpc) is 3.11. The number of pyridine rings is 1. The van der Waals surface area contributed by atoms with Gasteiger partial charge in [-0.25, -0.2) is 9.67 Å². The average molecular weight is 388 g/mol. The number of hydrogen-bond acceptors (Lipinski definition) is 5. The summed E-state index contributed by atoms with van der Waals surface area (Å²) in [6, 6.07) is 5.50. The molecule has 138 valence electrons. The first kappa shape index (κ1) is 21.4. The van der Waals surface area contributed by atoms with Crippen LogP contribution in [0, 0.1) is 13.8 Å². The van der Waals surface area contributed by atoms with E-state index in [1.165, 1.54) is 0 Å². The highest BCUT2D eigenvalue weighted by Gasteiger charge is 2.27. The molecule has 25 heavy (non-hydrogen) atoms. The van der Waals surface area contributed by atoms with Gasteiger partial charge in [0.05, 0.1) is 17.8 Å². The number of aryl methyl sites for hydroxylation is 2. The Hall–Kier alpha value is -1.67. The molecule has 3 rings (SSSR count). The summed E-state index contributed by atoms with van der Waals surface area (Å²) in [6.45, 7) is 4.81. The minimum absolute atomic E-state index is 0. The van der Waals surface area contributed by atoms with E-state index in [1.807, 2.05) is 32.0 Å². The maximum absolute atomic E-state index is 12.0. The van der Waals surface area contributed by atoms with Gasteiger partial charge in [-0.05, 0) is 38.0 Å². The Kier molecular flexibility index (Phi) is 7.82. The number of nitrogens with zero attached hydrogens (tertiary/aromatic N) is 3. The number of β-amino-alcohol motifs (C(OH)–C–C–N with tert-alkyl or cyclic N) is 1. The topological polar surface area (TPSA) is 92.1 Å². The SMILES string of the molecule is Cc1cc(C)n(-c2ccc(CNC(=O)C3CC(O)CN3)cn2)n1.Cl.Cl. The highest BCUT2D eigenvalue weighted by Crippen LogP contribution is 2.11. The number of nitrogens with one attached hydrogen (secondary N) is 2. The van der Waals surface area contributed by atoms with Crippen LogP contribution in [-0.4, -0.2) is 44.5 Å². The van der Waals surface area contributed by atoms with Crippen molar-refractivity contribution in [3.63, 3.8) is 0 Å². The number of amides is 1. The molecule has 3 heterocycles. The third-order valence-corrected chi connectivity index (χ3v) is 3.93. The first-order valence-electron chi connectivity index (χ1n) is 7.70. The fourth-order valence-electron chi connectivity index (χ4n) is 2.74. The van der Waals surface area contributed by atoms with Gasteiger partial charge in [0.2, 0.25) is 5.91 Å². The Morgan fingerprint density at radius 3 is 2.68 bits per heavy atom. The van der Waals surface area contributed by atoms with Crippen molar-refractivity contribution in [1.29, 1.82) is 0 Å². The number of carbonyl (C=O) groups is 1. The number of rotatable bonds is 4. The van der Waals surface area contributed by atoms with Crippen molar-refractivity contribution >= 4 is 30.7 Å². The summed E-state index contributed by atoms with van der Waals surface area (Å²) < 4.78 is 1.79. The summed E-state index contributed by atoms with van der Waals surface area (Å²) in [5.41, 5.74) is 2.90. The molecule has 1 aliphatic rings. The van der Waals surface area contributed by atoms with Gasteiger partial charge in [0, 0.05) is 25.0 Å². The van der Waals surface area contributed by atoms with Crippen LogP contribution in [0.3, 0.4) is 0 Å². The highest BCUT2D eigenvalue weighted by molar-refractivity contribution is 5.85. The predicted molar refractivity (Wildman–Crippen MR) is 99.6 cm³/mol. The van der Waals surface area contributed by atoms with Gasteiger partial charge in [-0.15, -0.1) is 24.8 Å². The van der Waals surface area contributed by atoms with Crippen LogP contribution in [-0.2, 0) is 11.3 Å². The molecule has 2 aromatic rings. The lowest BCUT2D eigenvalue weighted by molar-refractivity contribution is -0.123. The van der Waals surface area contributed by atoms with E-state index in [2.05, 4.69) is 20.7 Å². The van der Waals surface area contributed by atoms with Crippen LogP contribution in [0.15, 0.2) is 24.4 Å². The van der Waals surface area contributed by atoms with Crippen LogP contribution in [0.2, 0.25) is 0 Å². The first-order valence-corrected chi connectivity index (χ1v) is 7.70. The van der Waals surface area contributed by atoms with E-state index in [4.69, 9.17) is 0 Å². The van der Waals surface area contributed by atoms with Crippen LogP contribution < -0.4 is 10.6 Å². The number of hydrogen-bond donors (Lipinski definition) is 3. The van der Waals surface area contributed by atoms with Crippen LogP contribution >= 0.6 is 24.8 Å². The molecular weight excluding hydrogens is 365 g/mol. The molecule has 2 aromatic heterocycles. The predicted octanol–water partition coefficient (Wildman–Crippen LogP) is 1.07. The molecule has 0 aliphatic carbocycles. The zero-order chi connectivity index (χ0) is 16.4. The quantitative estimate of drug-likeness (QED) is 0.729. The smallest absolute Gasteiger partial charge is 0.237 e. The second-order valence-electron chi connectivity index (χ2n) is 5.93. The molecule has 0 aromatic carbocycles. The Labute approximate surface area is 159 Å². The normalized spacial score (nSPS) is 19.0. The molecule has 9 heteroatoms. The van der Waals surface area contributed by atoms with E-state index in [0.29, 0.717) is 19.5 Å². The summed E-state index contributed by atoms with van der Waals surface area (Å²) in [4.78, 5) is 16.4. The Bertz CT molecular complexity index is 705. The van der Waals surface area contributed by atoms with Crippen LogP contribution in [0.25, 0.3) is 5.82 Å². The molecule has 0 bridgehead atoms. The van der Waals surface area contributed by atoms with Gasteiger partial charge < -0.3 is 15.7 Å². The summed E-state index contributed by atoms with van der Waals surface area (Å²) in [5.74, 6) is 0.662. The van der Waals surface area contributed by atoms with E-state index in [0.717, 1.165) is 22.8 Å². The van der Waals surface area contributed by atoms with Crippen molar-refractivity contribution in [2.45, 2.75) is 39.0 Å². The van der Waals surface area contributed by atoms with Crippen LogP contribution in [0.5, 0.6) is 0 Å². The highest BCUT2D eigenvalue weighted by atomic mass is 35.5. The fourth-order valence-corrected chi connectivity index (χ4v) is 2.74. The van der Waals surface area contributed by atoms with Crippen molar-refractivity contribution in [3.05, 3.63) is 41.3 Å². The third-order valence-electron chi connectivity index (χ3n) is 3.93. The lowest BCUT2D eigenvalue weighted by atomic mass is 10.2. The molecular formula is C16H23Cl2N5O2. The molecule has 1 saturated heterocycles. The van der Waals surface area contributed by atoms with Gasteiger partial charge in [-0.3, -0.25) is 4.79 Å². The molecule has 3 N–H and O–H groups in total. The summed E-state index contributed by atoms with van der Waals surface area (Å²) in [5, 5.41) is 19.7. The molecule has 2 unspecified atom stereocenters. The van der Waals surface area contributed by atoms with Crippen molar-refractivity contribution in [2.24, 2.45) is 0 Å². The van der Waals surface area contributed by atoms with Gasteiger partial charge in [-0.2, -0.15) is 5.10 Å². The number of aliphatic hydroxyl groups excluding tert-OH is 1. The zero-order valence-electron chi connectivity index (χ0n) is 14.1. The van der Waals surface area contributed by atoms with Crippen molar-refractivity contribution in [3.8, 4) is 5.82 Å². The van der Waals surface area contributed by atoms with Crippen LogP contribution in [0.4, 0.5) is 0 Å². The number of halogens is 2. The van der Waals surface area contributed by atoms with Gasteiger partial charge in [0.15, 0.2) is 5.82 Å². The molecule has 1 amide bonds. The fraction of sp³-hybridized carbons (Fsp3) is 0.438. The van der Waals surface area contributed by atoms with Crippen molar-refractivity contribution in [2.75, 3.05) is 6.54 Å². The second kappa shape index (κ2) is 9.15. The number of aromatic nitrogens is 3. The second-order valence-corrected chi connectivity index (χ2v) is 5.93. The third kappa shape index (κ3) is 5.15. The largest absolute Gasteiger partial charge is 0.392 e. The minimum atomic E-state index is -0.438. The molecule has 0 spiro atoms. The molecule has 7 nitrogen and oxygen atoms in total. The standard InChI is InChI=1S/C16H21N5O2.2ClH/c1-10-5-11(2)21(20-10)15-4-3-12(7-18-15)8-19-16(23)14-6-13(22)9-17-14;;/h3-5,7,13-14,17,22H,6,8-9H2,1-2H3,(H,19,23);2*1H. The molecule has 0 saturated carbocycles. The minimum Gasteiger partial charge on any atom is -0.392 e. The molecule has 0 radical (unpaired) electrons. The van der Waals surface area contributed by atoms with Crippen molar-refractivity contribution in [1.82, 2.24) is 25.4 Å². The van der Waals surface area contributed by atoms with E-state index in [9.17, 15) is 9.90 Å². The summed E-state index contributed by atoms with van der Waals surface area (Å²) >= 11 is 0. The maximum Gasteiger partial charge on any atom is 0.237 e. The van der Waals surface area contributed by atoms with Gasteiger partial charge in [0.25, 0.3) is 0 Å². The number of carbonyl (C=O) groups excluding carboxylic acids is 1.